The fourth-order valence-electron chi connectivity index (χ4n) is 2.43. The topological polar surface area (TPSA) is 49.3 Å². The third-order valence-corrected chi connectivity index (χ3v) is 4.88. The van der Waals surface area contributed by atoms with Crippen LogP contribution in [0, 0.1) is 19.7 Å². The number of benzene rings is 1. The van der Waals surface area contributed by atoms with Crippen LogP contribution in [0.4, 0.5) is 4.39 Å². The molecule has 7 heteroatoms. The molecular formula is C18H26FIN4S. The Bertz CT molecular complexity index is 715. The van der Waals surface area contributed by atoms with Crippen LogP contribution < -0.4 is 10.6 Å². The van der Waals surface area contributed by atoms with E-state index < -0.39 is 0 Å². The van der Waals surface area contributed by atoms with E-state index in [-0.39, 0.29) is 29.8 Å². The van der Waals surface area contributed by atoms with E-state index >= 15 is 0 Å². The maximum Gasteiger partial charge on any atom is 0.191 e. The van der Waals surface area contributed by atoms with Gasteiger partial charge in [0.05, 0.1) is 10.7 Å². The number of rotatable bonds is 6. The van der Waals surface area contributed by atoms with Gasteiger partial charge in [-0.3, -0.25) is 4.99 Å². The van der Waals surface area contributed by atoms with Crippen molar-refractivity contribution in [1.29, 1.82) is 0 Å². The molecule has 0 aliphatic heterocycles. The Hall–Kier alpha value is -1.22. The molecule has 0 bridgehead atoms. The number of nitrogens with one attached hydrogen (secondary N) is 2. The molecule has 0 atom stereocenters. The third-order valence-electron chi connectivity index (χ3n) is 3.81. The zero-order chi connectivity index (χ0) is 17.5. The smallest absolute Gasteiger partial charge is 0.191 e. The van der Waals surface area contributed by atoms with Gasteiger partial charge in [-0.05, 0) is 37.5 Å². The fourth-order valence-corrected chi connectivity index (χ4v) is 3.45. The van der Waals surface area contributed by atoms with Gasteiger partial charge < -0.3 is 10.6 Å². The quantitative estimate of drug-likeness (QED) is 0.377. The third kappa shape index (κ3) is 6.54. The van der Waals surface area contributed by atoms with Gasteiger partial charge in [0.15, 0.2) is 5.96 Å². The van der Waals surface area contributed by atoms with Gasteiger partial charge in [0, 0.05) is 31.4 Å². The number of hydrogen-bond donors (Lipinski definition) is 2. The number of thiazole rings is 1. The van der Waals surface area contributed by atoms with Crippen molar-refractivity contribution in [2.24, 2.45) is 4.99 Å². The summed E-state index contributed by atoms with van der Waals surface area (Å²) in [6.45, 7) is 7.41. The van der Waals surface area contributed by atoms with Crippen LogP contribution in [0.1, 0.15) is 33.6 Å². The van der Waals surface area contributed by atoms with E-state index in [0.717, 1.165) is 35.9 Å². The van der Waals surface area contributed by atoms with Gasteiger partial charge in [-0.15, -0.1) is 35.3 Å². The lowest BCUT2D eigenvalue weighted by atomic mass is 10.1. The number of hydrogen-bond acceptors (Lipinski definition) is 3. The van der Waals surface area contributed by atoms with Crippen LogP contribution in [0.2, 0.25) is 0 Å². The number of halogens is 2. The minimum atomic E-state index is -0.175. The molecule has 1 heterocycles. The summed E-state index contributed by atoms with van der Waals surface area (Å²) in [6.07, 6.45) is 1.86. The summed E-state index contributed by atoms with van der Waals surface area (Å²) in [5.74, 6) is 0.562. The molecule has 4 nitrogen and oxygen atoms in total. The van der Waals surface area contributed by atoms with Crippen molar-refractivity contribution >= 4 is 41.3 Å². The number of nitrogens with zero attached hydrogens (tertiary/aromatic N) is 2. The molecule has 2 aromatic rings. The molecule has 0 saturated carbocycles. The summed E-state index contributed by atoms with van der Waals surface area (Å²) in [4.78, 5) is 10.2. The van der Waals surface area contributed by atoms with E-state index in [9.17, 15) is 4.39 Å². The summed E-state index contributed by atoms with van der Waals surface area (Å²) in [6, 6.07) is 5.13. The van der Waals surface area contributed by atoms with Crippen molar-refractivity contribution < 1.29 is 4.39 Å². The summed E-state index contributed by atoms with van der Waals surface area (Å²) < 4.78 is 13.3. The second-order valence-electron chi connectivity index (χ2n) is 5.65. The number of aryl methyl sites for hydroxylation is 3. The second kappa shape index (κ2) is 10.7. The minimum absolute atomic E-state index is 0. The average Bonchev–Trinajstić information content (AvgIpc) is 2.93. The van der Waals surface area contributed by atoms with Crippen LogP contribution >= 0.6 is 35.3 Å². The van der Waals surface area contributed by atoms with Crippen molar-refractivity contribution in [3.05, 3.63) is 50.7 Å². The van der Waals surface area contributed by atoms with Gasteiger partial charge in [-0.1, -0.05) is 19.1 Å². The molecule has 0 aliphatic carbocycles. The lowest BCUT2D eigenvalue weighted by Gasteiger charge is -2.12. The first-order chi connectivity index (χ1) is 11.5. The zero-order valence-corrected chi connectivity index (χ0v) is 18.3. The number of aliphatic imine (C=N–C) groups is 1. The molecule has 0 amide bonds. The summed E-state index contributed by atoms with van der Waals surface area (Å²) in [7, 11) is 1.74. The fraction of sp³-hybridized carbons (Fsp3) is 0.444. The highest BCUT2D eigenvalue weighted by Crippen LogP contribution is 2.17. The molecule has 2 N–H and O–H groups in total. The molecule has 1 aromatic heterocycles. The molecule has 1 aromatic carbocycles. The predicted molar refractivity (Wildman–Crippen MR) is 115 cm³/mol. The molecule has 0 saturated heterocycles. The van der Waals surface area contributed by atoms with Crippen LogP contribution in [0.5, 0.6) is 0 Å². The maximum absolute atomic E-state index is 13.3. The Morgan fingerprint density at radius 2 is 2.04 bits per heavy atom. The minimum Gasteiger partial charge on any atom is -0.356 e. The van der Waals surface area contributed by atoms with E-state index in [2.05, 4.69) is 34.5 Å². The maximum atomic E-state index is 13.3. The van der Waals surface area contributed by atoms with Crippen LogP contribution in [-0.2, 0) is 19.4 Å². The molecule has 138 valence electrons. The van der Waals surface area contributed by atoms with E-state index in [1.807, 2.05) is 6.07 Å². The Balaban J connectivity index is 0.00000312. The van der Waals surface area contributed by atoms with Crippen molar-refractivity contribution in [2.75, 3.05) is 13.6 Å². The Morgan fingerprint density at radius 1 is 1.28 bits per heavy atom. The van der Waals surface area contributed by atoms with Crippen LogP contribution in [0.3, 0.4) is 0 Å². The van der Waals surface area contributed by atoms with Gasteiger partial charge in [0.2, 0.25) is 0 Å². The van der Waals surface area contributed by atoms with Crippen molar-refractivity contribution in [3.63, 3.8) is 0 Å². The van der Waals surface area contributed by atoms with E-state index in [4.69, 9.17) is 0 Å². The van der Waals surface area contributed by atoms with E-state index in [0.29, 0.717) is 12.1 Å². The van der Waals surface area contributed by atoms with Gasteiger partial charge in [-0.2, -0.15) is 0 Å². The molecule has 2 rings (SSSR count). The first-order valence-electron chi connectivity index (χ1n) is 8.18. The Morgan fingerprint density at radius 3 is 2.64 bits per heavy atom. The molecule has 0 unspecified atom stereocenters. The summed E-state index contributed by atoms with van der Waals surface area (Å²) in [5.41, 5.74) is 2.88. The van der Waals surface area contributed by atoms with Crippen LogP contribution in [0.25, 0.3) is 0 Å². The Labute approximate surface area is 170 Å². The number of aromatic nitrogens is 1. The predicted octanol–water partition coefficient (Wildman–Crippen LogP) is 3.99. The molecule has 0 fully saturated rings. The lowest BCUT2D eigenvalue weighted by molar-refractivity contribution is 0.617. The zero-order valence-electron chi connectivity index (χ0n) is 15.1. The molecule has 0 radical (unpaired) electrons. The van der Waals surface area contributed by atoms with Crippen LogP contribution in [-0.4, -0.2) is 24.5 Å². The summed E-state index contributed by atoms with van der Waals surface area (Å²) in [5, 5.41) is 7.69. The molecule has 25 heavy (non-hydrogen) atoms. The standard InChI is InChI=1S/C18H25FN4S.HI/c1-5-16-13(3)24-17(23-16)8-9-21-18(20-4)22-11-14-6-7-15(19)12(2)10-14;/h6-7,10H,5,8-9,11H2,1-4H3,(H2,20,21,22);1H. The SMILES string of the molecule is CCc1nc(CCNC(=NC)NCc2ccc(F)c(C)c2)sc1C.I. The lowest BCUT2D eigenvalue weighted by Crippen LogP contribution is -2.37. The van der Waals surface area contributed by atoms with Gasteiger partial charge in [0.1, 0.15) is 5.82 Å². The van der Waals surface area contributed by atoms with Gasteiger partial charge in [0.25, 0.3) is 0 Å². The average molecular weight is 476 g/mol. The molecule has 0 spiro atoms. The largest absolute Gasteiger partial charge is 0.356 e. The highest BCUT2D eigenvalue weighted by Gasteiger charge is 2.06. The second-order valence-corrected chi connectivity index (χ2v) is 6.94. The summed E-state index contributed by atoms with van der Waals surface area (Å²) >= 11 is 1.76. The highest BCUT2D eigenvalue weighted by atomic mass is 127. The highest BCUT2D eigenvalue weighted by molar-refractivity contribution is 14.0. The van der Waals surface area contributed by atoms with Crippen LogP contribution in [0.15, 0.2) is 23.2 Å². The number of guanidine groups is 1. The van der Waals surface area contributed by atoms with Crippen molar-refractivity contribution in [3.8, 4) is 0 Å². The Kier molecular flexibility index (Phi) is 9.34. The van der Waals surface area contributed by atoms with Gasteiger partial charge >= 0.3 is 0 Å². The first kappa shape index (κ1) is 21.8. The molecular weight excluding hydrogens is 450 g/mol. The van der Waals surface area contributed by atoms with Crippen molar-refractivity contribution in [1.82, 2.24) is 15.6 Å². The van der Waals surface area contributed by atoms with E-state index in [1.54, 1.807) is 31.4 Å². The van der Waals surface area contributed by atoms with E-state index in [1.165, 1.54) is 16.6 Å². The molecule has 0 aliphatic rings. The monoisotopic (exact) mass is 476 g/mol. The first-order valence-corrected chi connectivity index (χ1v) is 8.99. The normalized spacial score (nSPS) is 11.2. The van der Waals surface area contributed by atoms with Crippen molar-refractivity contribution in [2.45, 2.75) is 40.2 Å². The van der Waals surface area contributed by atoms with Gasteiger partial charge in [-0.25, -0.2) is 9.37 Å².